The van der Waals surface area contributed by atoms with Crippen LogP contribution in [-0.2, 0) is 16.9 Å². The number of fused-ring (bicyclic) bond motifs is 2. The van der Waals surface area contributed by atoms with Crippen molar-refractivity contribution < 1.29 is 23.8 Å². The van der Waals surface area contributed by atoms with Gasteiger partial charge in [-0.2, -0.15) is 0 Å². The Morgan fingerprint density at radius 3 is 2.93 bits per heavy atom. The van der Waals surface area contributed by atoms with E-state index in [-0.39, 0.29) is 18.2 Å². The number of halogens is 1. The number of carbonyl (C=O) groups is 2. The van der Waals surface area contributed by atoms with Gasteiger partial charge in [-0.25, -0.2) is 0 Å². The molecule has 2 atom stereocenters. The molecule has 1 aromatic carbocycles. The number of furan rings is 1. The molecule has 0 radical (unpaired) electrons. The molecule has 4 heterocycles. The van der Waals surface area contributed by atoms with Crippen LogP contribution in [0, 0.1) is 0 Å². The fraction of sp³-hybridized carbons (Fsp3) is 0.250. The molecule has 0 aliphatic carbocycles. The quantitative estimate of drug-likeness (QED) is 0.525. The summed E-state index contributed by atoms with van der Waals surface area (Å²) in [5.41, 5.74) is 0.925. The minimum absolute atomic E-state index is 0.0437. The molecule has 30 heavy (non-hydrogen) atoms. The molecule has 3 N–H and O–H groups in total. The number of ether oxygens (including phenoxy) is 1. The highest BCUT2D eigenvalue weighted by atomic mass is 79.9. The van der Waals surface area contributed by atoms with Gasteiger partial charge in [-0.15, -0.1) is 0 Å². The molecule has 2 amide bonds. The van der Waals surface area contributed by atoms with Gasteiger partial charge in [-0.05, 0) is 39.7 Å². The van der Waals surface area contributed by atoms with E-state index >= 15 is 0 Å². The first-order chi connectivity index (χ1) is 14.4. The summed E-state index contributed by atoms with van der Waals surface area (Å²) in [6.45, 7) is 0.264. The number of nitrogens with one attached hydrogen (secondary N) is 2. The van der Waals surface area contributed by atoms with Crippen LogP contribution in [0.5, 0.6) is 5.75 Å². The number of pyridine rings is 1. The van der Waals surface area contributed by atoms with E-state index in [1.807, 2.05) is 6.07 Å². The van der Waals surface area contributed by atoms with Gasteiger partial charge in [-0.3, -0.25) is 19.9 Å². The SMILES string of the molecule is COc1ccc2c(c1Br)C(=O)N(CC1(c3cc4ncccc4o3)NC(O)NC1=O)C2. The van der Waals surface area contributed by atoms with Crippen molar-refractivity contribution in [3.05, 3.63) is 57.9 Å². The van der Waals surface area contributed by atoms with Gasteiger partial charge < -0.3 is 24.5 Å². The first kappa shape index (κ1) is 19.0. The summed E-state index contributed by atoms with van der Waals surface area (Å²) in [7, 11) is 1.53. The Morgan fingerprint density at radius 1 is 1.40 bits per heavy atom. The number of benzene rings is 1. The third-order valence-electron chi connectivity index (χ3n) is 5.45. The molecule has 0 saturated carbocycles. The average Bonchev–Trinajstić information content (AvgIpc) is 3.37. The minimum Gasteiger partial charge on any atom is -0.496 e. The molecular formula is C20H17BrN4O5. The summed E-state index contributed by atoms with van der Waals surface area (Å²) < 4.78 is 11.8. The average molecular weight is 473 g/mol. The number of aromatic nitrogens is 1. The predicted molar refractivity (Wildman–Crippen MR) is 108 cm³/mol. The number of hydrogen-bond acceptors (Lipinski definition) is 7. The van der Waals surface area contributed by atoms with Gasteiger partial charge >= 0.3 is 0 Å². The van der Waals surface area contributed by atoms with Crippen LogP contribution >= 0.6 is 15.9 Å². The predicted octanol–water partition coefficient (Wildman–Crippen LogP) is 1.45. The van der Waals surface area contributed by atoms with Crippen LogP contribution in [0.15, 0.2) is 45.4 Å². The van der Waals surface area contributed by atoms with Crippen LogP contribution in [0.2, 0.25) is 0 Å². The van der Waals surface area contributed by atoms with Gasteiger partial charge in [0, 0.05) is 18.8 Å². The summed E-state index contributed by atoms with van der Waals surface area (Å²) in [5.74, 6) is 0.0784. The fourth-order valence-electron chi connectivity index (χ4n) is 4.01. The van der Waals surface area contributed by atoms with E-state index in [1.54, 1.807) is 35.4 Å². The maximum absolute atomic E-state index is 13.2. The van der Waals surface area contributed by atoms with Gasteiger partial charge in [0.1, 0.15) is 17.0 Å². The number of aliphatic hydroxyl groups is 1. The number of nitrogens with zero attached hydrogens (tertiary/aromatic N) is 2. The second kappa shape index (κ2) is 6.79. The van der Waals surface area contributed by atoms with Gasteiger partial charge in [0.25, 0.3) is 11.8 Å². The normalized spacial score (nSPS) is 23.2. The van der Waals surface area contributed by atoms with E-state index in [4.69, 9.17) is 9.15 Å². The summed E-state index contributed by atoms with van der Waals surface area (Å²) in [5, 5.41) is 15.4. The zero-order valence-corrected chi connectivity index (χ0v) is 17.4. The Bertz CT molecular complexity index is 1160. The second-order valence-corrected chi connectivity index (χ2v) is 7.99. The third kappa shape index (κ3) is 2.72. The van der Waals surface area contributed by atoms with Gasteiger partial charge in [0.05, 0.1) is 23.7 Å². The Morgan fingerprint density at radius 2 is 2.23 bits per heavy atom. The smallest absolute Gasteiger partial charge is 0.255 e. The number of carbonyl (C=O) groups excluding carboxylic acids is 2. The lowest BCUT2D eigenvalue weighted by Crippen LogP contribution is -2.53. The topological polar surface area (TPSA) is 117 Å². The minimum atomic E-state index is -1.46. The zero-order valence-electron chi connectivity index (χ0n) is 15.8. The van der Waals surface area contributed by atoms with E-state index < -0.39 is 17.8 Å². The summed E-state index contributed by atoms with van der Waals surface area (Å²) in [4.78, 5) is 31.9. The molecule has 10 heteroatoms. The molecule has 2 aromatic heterocycles. The monoisotopic (exact) mass is 472 g/mol. The standard InChI is InChI=1S/C20H17BrN4O5/c1-29-13-5-4-10-8-25(17(26)15(10)16(13)21)9-20(18(27)23-19(28)24-20)14-7-11-12(30-14)3-2-6-22-11/h2-7,19,24,28H,8-9H2,1H3,(H,23,27). The van der Waals surface area contributed by atoms with Gasteiger partial charge in [-0.1, -0.05) is 6.07 Å². The van der Waals surface area contributed by atoms with Crippen LogP contribution in [0.3, 0.4) is 0 Å². The van der Waals surface area contributed by atoms with Crippen molar-refractivity contribution >= 4 is 38.8 Å². The number of aliphatic hydroxyl groups excluding tert-OH is 1. The van der Waals surface area contributed by atoms with E-state index in [2.05, 4.69) is 31.5 Å². The molecule has 1 fully saturated rings. The van der Waals surface area contributed by atoms with Crippen molar-refractivity contribution in [3.63, 3.8) is 0 Å². The molecule has 0 spiro atoms. The second-order valence-electron chi connectivity index (χ2n) is 7.20. The number of amides is 2. The fourth-order valence-corrected chi connectivity index (χ4v) is 4.73. The van der Waals surface area contributed by atoms with E-state index in [9.17, 15) is 14.7 Å². The molecule has 2 unspecified atom stereocenters. The van der Waals surface area contributed by atoms with Crippen LogP contribution in [0.1, 0.15) is 21.7 Å². The highest BCUT2D eigenvalue weighted by molar-refractivity contribution is 9.10. The highest BCUT2D eigenvalue weighted by Crippen LogP contribution is 2.38. The zero-order chi connectivity index (χ0) is 21.0. The number of methoxy groups -OCH3 is 1. The lowest BCUT2D eigenvalue weighted by Gasteiger charge is -2.29. The van der Waals surface area contributed by atoms with Crippen molar-refractivity contribution in [1.82, 2.24) is 20.5 Å². The van der Waals surface area contributed by atoms with Crippen LogP contribution < -0.4 is 15.4 Å². The molecule has 2 aliphatic rings. The lowest BCUT2D eigenvalue weighted by atomic mass is 9.95. The molecule has 0 bridgehead atoms. The molecular weight excluding hydrogens is 456 g/mol. The summed E-state index contributed by atoms with van der Waals surface area (Å²) in [6.07, 6.45) is 0.349. The van der Waals surface area contributed by atoms with Gasteiger partial charge in [0.15, 0.2) is 17.5 Å². The Hall–Kier alpha value is -2.95. The first-order valence-electron chi connectivity index (χ1n) is 9.19. The van der Waals surface area contributed by atoms with E-state index in [0.29, 0.717) is 33.4 Å². The molecule has 154 valence electrons. The molecule has 9 nitrogen and oxygen atoms in total. The van der Waals surface area contributed by atoms with Gasteiger partial charge in [0.2, 0.25) is 0 Å². The van der Waals surface area contributed by atoms with Crippen LogP contribution in [0.25, 0.3) is 11.1 Å². The van der Waals surface area contributed by atoms with E-state index in [1.165, 1.54) is 7.11 Å². The third-order valence-corrected chi connectivity index (χ3v) is 6.24. The van der Waals surface area contributed by atoms with Crippen molar-refractivity contribution in [2.45, 2.75) is 18.4 Å². The number of rotatable bonds is 4. The maximum Gasteiger partial charge on any atom is 0.255 e. The summed E-state index contributed by atoms with van der Waals surface area (Å²) >= 11 is 3.44. The van der Waals surface area contributed by atoms with Crippen molar-refractivity contribution in [2.75, 3.05) is 13.7 Å². The first-order valence-corrected chi connectivity index (χ1v) is 9.98. The van der Waals surface area contributed by atoms with Crippen molar-refractivity contribution in [1.29, 1.82) is 0 Å². The number of hydrogen-bond donors (Lipinski definition) is 3. The summed E-state index contributed by atoms with van der Waals surface area (Å²) in [6, 6.07) is 8.72. The largest absolute Gasteiger partial charge is 0.496 e. The Kier molecular flexibility index (Phi) is 4.31. The molecule has 1 saturated heterocycles. The molecule has 2 aliphatic heterocycles. The Balaban J connectivity index is 1.55. The van der Waals surface area contributed by atoms with Crippen molar-refractivity contribution in [2.24, 2.45) is 0 Å². The molecule has 5 rings (SSSR count). The molecule has 3 aromatic rings. The maximum atomic E-state index is 13.2. The lowest BCUT2D eigenvalue weighted by molar-refractivity contribution is -0.125. The van der Waals surface area contributed by atoms with Crippen molar-refractivity contribution in [3.8, 4) is 5.75 Å². The highest BCUT2D eigenvalue weighted by Gasteiger charge is 2.52. The van der Waals surface area contributed by atoms with Crippen LogP contribution in [-0.4, -0.2) is 46.8 Å². The van der Waals surface area contributed by atoms with E-state index in [0.717, 1.165) is 5.56 Å². The van der Waals surface area contributed by atoms with Crippen LogP contribution in [0.4, 0.5) is 0 Å². The Labute approximate surface area is 179 Å².